The Hall–Kier alpha value is -2.94. The van der Waals surface area contributed by atoms with Crippen molar-refractivity contribution >= 4 is 17.1 Å². The van der Waals surface area contributed by atoms with Gasteiger partial charge in [0.1, 0.15) is 0 Å². The van der Waals surface area contributed by atoms with Gasteiger partial charge in [-0.05, 0) is 17.3 Å². The van der Waals surface area contributed by atoms with Crippen molar-refractivity contribution < 1.29 is 10.0 Å². The van der Waals surface area contributed by atoms with Gasteiger partial charge in [-0.25, -0.2) is 10.3 Å². The third-order valence-corrected chi connectivity index (χ3v) is 2.00. The number of hydrogen-bond donors (Lipinski definition) is 2. The van der Waals surface area contributed by atoms with E-state index in [1.165, 1.54) is 5.48 Å². The van der Waals surface area contributed by atoms with Gasteiger partial charge in [0.05, 0.1) is 11.0 Å². The maximum Gasteiger partial charge on any atom is 0.384 e. The van der Waals surface area contributed by atoms with Gasteiger partial charge in [-0.3, -0.25) is 15.2 Å². The summed E-state index contributed by atoms with van der Waals surface area (Å²) in [4.78, 5) is 19.2. The van der Waals surface area contributed by atoms with Crippen LogP contribution in [-0.2, 0) is 0 Å². The van der Waals surface area contributed by atoms with Crippen molar-refractivity contribution in [1.29, 1.82) is 0 Å². The minimum Gasteiger partial charge on any atom is -0.287 e. The molecule has 0 atom stereocenters. The molecule has 2 aromatic heterocycles. The zero-order valence-corrected chi connectivity index (χ0v) is 9.58. The van der Waals surface area contributed by atoms with Crippen molar-refractivity contribution in [1.82, 2.24) is 35.7 Å². The summed E-state index contributed by atoms with van der Waals surface area (Å²) >= 11 is 0. The van der Waals surface area contributed by atoms with Crippen LogP contribution < -0.4 is 5.48 Å². The molecule has 0 fully saturated rings. The molecule has 0 aliphatic carbocycles. The third-order valence-electron chi connectivity index (χ3n) is 2.00. The van der Waals surface area contributed by atoms with Crippen LogP contribution in [0, 0.1) is 0 Å². The standard InChI is InChI=1S/C8H6N2.C2H3N5O2/c1-2-4-8-7(3-1)9-5-6-10-8;8-2(5-9)7-4-1-3-6-7/h1-6H;1,9H,(H,5,8). The quantitative estimate of drug-likeness (QED) is 0.438. The van der Waals surface area contributed by atoms with E-state index < -0.39 is 6.03 Å². The first-order valence-corrected chi connectivity index (χ1v) is 5.14. The van der Waals surface area contributed by atoms with Gasteiger partial charge in [-0.2, -0.15) is 0 Å². The molecule has 1 amide bonds. The van der Waals surface area contributed by atoms with E-state index in [2.05, 4.69) is 25.4 Å². The van der Waals surface area contributed by atoms with Crippen LogP contribution in [0.15, 0.2) is 43.0 Å². The average molecular weight is 259 g/mol. The maximum absolute atomic E-state index is 10.3. The Kier molecular flexibility index (Phi) is 4.03. The fourth-order valence-electron chi connectivity index (χ4n) is 1.21. The van der Waals surface area contributed by atoms with Crippen molar-refractivity contribution in [2.24, 2.45) is 0 Å². The van der Waals surface area contributed by atoms with Crippen molar-refractivity contribution in [2.45, 2.75) is 0 Å². The van der Waals surface area contributed by atoms with Crippen LogP contribution in [0.4, 0.5) is 4.79 Å². The summed E-state index contributed by atoms with van der Waals surface area (Å²) in [6.45, 7) is 0. The predicted molar refractivity (Wildman–Crippen MR) is 63.1 cm³/mol. The Morgan fingerprint density at radius 3 is 2.26 bits per heavy atom. The molecule has 0 aliphatic rings. The van der Waals surface area contributed by atoms with Crippen molar-refractivity contribution in [3.63, 3.8) is 0 Å². The highest BCUT2D eigenvalue weighted by molar-refractivity contribution is 5.73. The van der Waals surface area contributed by atoms with Crippen LogP contribution in [-0.4, -0.2) is 41.4 Å². The Labute approximate surface area is 106 Å². The molecule has 2 heterocycles. The molecule has 0 radical (unpaired) electrons. The lowest BCUT2D eigenvalue weighted by atomic mass is 10.3. The lowest BCUT2D eigenvalue weighted by Gasteiger charge is -1.90. The molecule has 9 heteroatoms. The van der Waals surface area contributed by atoms with Crippen LogP contribution in [0.25, 0.3) is 11.0 Å². The van der Waals surface area contributed by atoms with Gasteiger partial charge in [0.2, 0.25) is 0 Å². The summed E-state index contributed by atoms with van der Waals surface area (Å²) in [7, 11) is 0. The van der Waals surface area contributed by atoms with Gasteiger partial charge in [0.25, 0.3) is 0 Å². The first-order chi connectivity index (χ1) is 9.31. The number of hydroxylamine groups is 1. The summed E-state index contributed by atoms with van der Waals surface area (Å²) in [5, 5.41) is 17.7. The van der Waals surface area contributed by atoms with Crippen LogP contribution in [0.5, 0.6) is 0 Å². The van der Waals surface area contributed by atoms with Gasteiger partial charge < -0.3 is 0 Å². The second-order valence-electron chi connectivity index (χ2n) is 3.19. The Balaban J connectivity index is 0.000000141. The maximum atomic E-state index is 10.3. The number of para-hydroxylation sites is 2. The molecular weight excluding hydrogens is 250 g/mol. The second kappa shape index (κ2) is 6.12. The molecule has 96 valence electrons. The first-order valence-electron chi connectivity index (χ1n) is 5.14. The van der Waals surface area contributed by atoms with Gasteiger partial charge in [-0.15, -0.1) is 10.2 Å². The highest BCUT2D eigenvalue weighted by Gasteiger charge is 2.01. The van der Waals surface area contributed by atoms with Gasteiger partial charge >= 0.3 is 6.03 Å². The van der Waals surface area contributed by atoms with Gasteiger partial charge in [0, 0.05) is 12.4 Å². The Morgan fingerprint density at radius 2 is 1.79 bits per heavy atom. The minimum atomic E-state index is -0.840. The number of aromatic nitrogens is 6. The first kappa shape index (κ1) is 12.5. The highest BCUT2D eigenvalue weighted by Crippen LogP contribution is 2.04. The highest BCUT2D eigenvalue weighted by atomic mass is 16.5. The second-order valence-corrected chi connectivity index (χ2v) is 3.19. The van der Waals surface area contributed by atoms with Gasteiger partial charge in [0.15, 0.2) is 6.33 Å². The molecule has 9 nitrogen and oxygen atoms in total. The monoisotopic (exact) mass is 259 g/mol. The van der Waals surface area contributed by atoms with E-state index in [0.29, 0.717) is 4.80 Å². The van der Waals surface area contributed by atoms with E-state index in [0.717, 1.165) is 17.4 Å². The molecule has 0 aliphatic heterocycles. The molecule has 19 heavy (non-hydrogen) atoms. The molecular formula is C10H9N7O2. The van der Waals surface area contributed by atoms with Crippen molar-refractivity contribution in [3.8, 4) is 0 Å². The number of nitrogens with zero attached hydrogens (tertiary/aromatic N) is 6. The molecule has 0 bridgehead atoms. The molecule has 3 aromatic rings. The van der Waals surface area contributed by atoms with Gasteiger partial charge in [-0.1, -0.05) is 16.9 Å². The molecule has 1 aromatic carbocycles. The van der Waals surface area contributed by atoms with E-state index in [4.69, 9.17) is 5.21 Å². The number of hydrogen-bond acceptors (Lipinski definition) is 7. The number of carbonyl (C=O) groups is 1. The number of nitrogens with one attached hydrogen (secondary N) is 1. The van der Waals surface area contributed by atoms with Crippen LogP contribution in [0.1, 0.15) is 0 Å². The molecule has 0 unspecified atom stereocenters. The predicted octanol–water partition coefficient (Wildman–Crippen LogP) is 0.250. The molecule has 3 rings (SSSR count). The van der Waals surface area contributed by atoms with E-state index in [1.807, 2.05) is 24.3 Å². The normalized spacial score (nSPS) is 9.53. The SMILES string of the molecule is O=C(NO)n1ncnn1.c1ccc2nccnc2c1. The van der Waals surface area contributed by atoms with E-state index >= 15 is 0 Å². The summed E-state index contributed by atoms with van der Waals surface area (Å²) < 4.78 is 0. The number of carbonyl (C=O) groups excluding carboxylic acids is 1. The van der Waals surface area contributed by atoms with Crippen LogP contribution >= 0.6 is 0 Å². The zero-order valence-electron chi connectivity index (χ0n) is 9.58. The van der Waals surface area contributed by atoms with Crippen molar-refractivity contribution in [2.75, 3.05) is 0 Å². The largest absolute Gasteiger partial charge is 0.384 e. The zero-order chi connectivity index (χ0) is 13.5. The lowest BCUT2D eigenvalue weighted by molar-refractivity contribution is 0.157. The van der Waals surface area contributed by atoms with Crippen LogP contribution in [0.2, 0.25) is 0 Å². The number of tetrazole rings is 1. The summed E-state index contributed by atoms with van der Waals surface area (Å²) in [6.07, 6.45) is 4.47. The molecule has 0 spiro atoms. The number of amides is 1. The fraction of sp³-hybridized carbons (Fsp3) is 0. The summed E-state index contributed by atoms with van der Waals surface area (Å²) in [6, 6.07) is 6.96. The number of rotatable bonds is 0. The topological polar surface area (TPSA) is 119 Å². The van der Waals surface area contributed by atoms with Crippen molar-refractivity contribution in [3.05, 3.63) is 43.0 Å². The third kappa shape index (κ3) is 3.26. The van der Waals surface area contributed by atoms with E-state index in [-0.39, 0.29) is 0 Å². The summed E-state index contributed by atoms with van der Waals surface area (Å²) in [5.74, 6) is 0. The lowest BCUT2D eigenvalue weighted by Crippen LogP contribution is -2.27. The summed E-state index contributed by atoms with van der Waals surface area (Å²) in [5.41, 5.74) is 3.22. The smallest absolute Gasteiger partial charge is 0.287 e. The van der Waals surface area contributed by atoms with E-state index in [1.54, 1.807) is 12.4 Å². The number of benzene rings is 1. The average Bonchev–Trinajstić information content (AvgIpc) is 3.01. The number of fused-ring (bicyclic) bond motifs is 1. The molecule has 0 saturated carbocycles. The Bertz CT molecular complexity index is 590. The van der Waals surface area contributed by atoms with E-state index in [9.17, 15) is 4.79 Å². The molecule has 2 N–H and O–H groups in total. The Morgan fingerprint density at radius 1 is 1.16 bits per heavy atom. The minimum absolute atomic E-state index is 0.611. The molecule has 0 saturated heterocycles. The fourth-order valence-corrected chi connectivity index (χ4v) is 1.21. The van der Waals surface area contributed by atoms with Crippen LogP contribution in [0.3, 0.4) is 0 Å².